The smallest absolute Gasteiger partial charge is 0.191 e. The second kappa shape index (κ2) is 11.4. The molecule has 0 saturated heterocycles. The van der Waals surface area contributed by atoms with Crippen LogP contribution in [-0.4, -0.2) is 53.9 Å². The van der Waals surface area contributed by atoms with Crippen LogP contribution in [0.3, 0.4) is 0 Å². The van der Waals surface area contributed by atoms with Gasteiger partial charge < -0.3 is 10.6 Å². The molecule has 2 N–H and O–H groups in total. The Morgan fingerprint density at radius 3 is 2.57 bits per heavy atom. The predicted molar refractivity (Wildman–Crippen MR) is 127 cm³/mol. The molecule has 0 amide bonds. The first kappa shape index (κ1) is 22.7. The molecule has 1 aromatic carbocycles. The maximum absolute atomic E-state index is 4.50. The molecule has 7 heteroatoms. The number of hydrogen-bond donors (Lipinski definition) is 2. The summed E-state index contributed by atoms with van der Waals surface area (Å²) in [6, 6.07) is 10.9. The molecule has 3 rings (SSSR count). The molecule has 2 heterocycles. The van der Waals surface area contributed by atoms with Crippen LogP contribution in [-0.2, 0) is 19.5 Å². The van der Waals surface area contributed by atoms with Gasteiger partial charge in [-0.15, -0.1) is 24.0 Å². The molecule has 0 bridgehead atoms. The Morgan fingerprint density at radius 1 is 1.11 bits per heavy atom. The Hall–Kier alpha value is -1.61. The van der Waals surface area contributed by atoms with E-state index < -0.39 is 0 Å². The van der Waals surface area contributed by atoms with Gasteiger partial charge in [-0.05, 0) is 43.9 Å². The lowest BCUT2D eigenvalue weighted by Gasteiger charge is -2.28. The van der Waals surface area contributed by atoms with Crippen LogP contribution in [0.5, 0.6) is 0 Å². The summed E-state index contributed by atoms with van der Waals surface area (Å²) >= 11 is 0. The summed E-state index contributed by atoms with van der Waals surface area (Å²) < 4.78 is 2.07. The van der Waals surface area contributed by atoms with E-state index >= 15 is 0 Å². The first-order valence-corrected chi connectivity index (χ1v) is 9.90. The number of hydrogen-bond acceptors (Lipinski definition) is 3. The van der Waals surface area contributed by atoms with Crippen LogP contribution < -0.4 is 10.6 Å². The third-order valence-corrected chi connectivity index (χ3v) is 5.10. The maximum atomic E-state index is 4.50. The van der Waals surface area contributed by atoms with Crippen molar-refractivity contribution in [2.75, 3.05) is 33.2 Å². The number of aliphatic imine (C=N–C) groups is 1. The van der Waals surface area contributed by atoms with Gasteiger partial charge in [-0.3, -0.25) is 14.6 Å². The number of halogens is 1. The summed E-state index contributed by atoms with van der Waals surface area (Å²) in [7, 11) is 1.83. The van der Waals surface area contributed by atoms with Crippen molar-refractivity contribution in [2.24, 2.45) is 4.99 Å². The van der Waals surface area contributed by atoms with Gasteiger partial charge in [0.1, 0.15) is 0 Å². The average Bonchev–Trinajstić information content (AvgIpc) is 3.00. The van der Waals surface area contributed by atoms with Gasteiger partial charge in [0, 0.05) is 52.0 Å². The van der Waals surface area contributed by atoms with Crippen molar-refractivity contribution < 1.29 is 0 Å². The van der Waals surface area contributed by atoms with E-state index in [1.54, 1.807) is 0 Å². The first-order chi connectivity index (χ1) is 13.2. The fraction of sp³-hybridized carbons (Fsp3) is 0.524. The largest absolute Gasteiger partial charge is 0.356 e. The van der Waals surface area contributed by atoms with Crippen molar-refractivity contribution in [3.05, 3.63) is 52.8 Å². The van der Waals surface area contributed by atoms with Crippen LogP contribution in [0, 0.1) is 13.8 Å². The van der Waals surface area contributed by atoms with Crippen molar-refractivity contribution in [2.45, 2.75) is 39.8 Å². The van der Waals surface area contributed by atoms with Crippen LogP contribution >= 0.6 is 24.0 Å². The highest BCUT2D eigenvalue weighted by molar-refractivity contribution is 14.0. The molecule has 0 saturated carbocycles. The van der Waals surface area contributed by atoms with E-state index in [0.29, 0.717) is 0 Å². The van der Waals surface area contributed by atoms with Crippen molar-refractivity contribution in [3.63, 3.8) is 0 Å². The van der Waals surface area contributed by atoms with Crippen LogP contribution in [0.2, 0.25) is 0 Å². The third-order valence-electron chi connectivity index (χ3n) is 5.10. The molecule has 0 radical (unpaired) electrons. The van der Waals surface area contributed by atoms with E-state index in [-0.39, 0.29) is 24.0 Å². The summed E-state index contributed by atoms with van der Waals surface area (Å²) in [6.45, 7) is 10.1. The third kappa shape index (κ3) is 6.48. The van der Waals surface area contributed by atoms with Crippen molar-refractivity contribution in [1.29, 1.82) is 0 Å². The predicted octanol–water partition coefficient (Wildman–Crippen LogP) is 2.73. The Kier molecular flexibility index (Phi) is 9.24. The Morgan fingerprint density at radius 2 is 1.86 bits per heavy atom. The van der Waals surface area contributed by atoms with E-state index in [1.165, 1.54) is 16.8 Å². The van der Waals surface area contributed by atoms with Crippen LogP contribution in [0.1, 0.15) is 28.9 Å². The molecule has 0 fully saturated rings. The molecule has 1 aliphatic heterocycles. The lowest BCUT2D eigenvalue weighted by molar-refractivity contribution is 0.258. The molecular weight excluding hydrogens is 463 g/mol. The summed E-state index contributed by atoms with van der Waals surface area (Å²) in [5, 5.41) is 11.3. The second-order valence-electron chi connectivity index (χ2n) is 7.22. The molecule has 2 aromatic rings. The molecule has 6 nitrogen and oxygen atoms in total. The van der Waals surface area contributed by atoms with Gasteiger partial charge >= 0.3 is 0 Å². The molecular formula is C21H33IN6. The number of fused-ring (bicyclic) bond motifs is 1. The fourth-order valence-corrected chi connectivity index (χ4v) is 3.63. The van der Waals surface area contributed by atoms with Crippen LogP contribution in [0.25, 0.3) is 0 Å². The van der Waals surface area contributed by atoms with Crippen LogP contribution in [0.15, 0.2) is 35.3 Å². The quantitative estimate of drug-likeness (QED) is 0.268. The number of benzene rings is 1. The van der Waals surface area contributed by atoms with E-state index in [2.05, 4.69) is 67.6 Å². The van der Waals surface area contributed by atoms with E-state index in [1.807, 2.05) is 14.0 Å². The molecule has 0 aliphatic carbocycles. The van der Waals surface area contributed by atoms with Gasteiger partial charge in [0.15, 0.2) is 5.96 Å². The number of aryl methyl sites for hydroxylation is 3. The minimum atomic E-state index is 0. The number of nitrogens with one attached hydrogen (secondary N) is 2. The summed E-state index contributed by atoms with van der Waals surface area (Å²) in [4.78, 5) is 6.83. The maximum Gasteiger partial charge on any atom is 0.191 e. The highest BCUT2D eigenvalue weighted by atomic mass is 127. The van der Waals surface area contributed by atoms with Gasteiger partial charge in [-0.1, -0.05) is 24.3 Å². The topological polar surface area (TPSA) is 57.5 Å². The molecule has 1 aromatic heterocycles. The highest BCUT2D eigenvalue weighted by Gasteiger charge is 2.15. The normalized spacial score (nSPS) is 14.3. The zero-order valence-electron chi connectivity index (χ0n) is 17.2. The molecule has 0 unspecified atom stereocenters. The van der Waals surface area contributed by atoms with Gasteiger partial charge in [-0.2, -0.15) is 5.10 Å². The Balaban J connectivity index is 0.00000280. The Bertz CT molecular complexity index is 770. The van der Waals surface area contributed by atoms with Gasteiger partial charge in [0.25, 0.3) is 0 Å². The van der Waals surface area contributed by atoms with E-state index in [4.69, 9.17) is 0 Å². The molecule has 0 spiro atoms. The first-order valence-electron chi connectivity index (χ1n) is 9.90. The second-order valence-corrected chi connectivity index (χ2v) is 7.22. The number of guanidine groups is 1. The molecule has 28 heavy (non-hydrogen) atoms. The molecule has 154 valence electrons. The van der Waals surface area contributed by atoms with E-state index in [0.717, 1.165) is 63.8 Å². The van der Waals surface area contributed by atoms with Gasteiger partial charge in [0.05, 0.1) is 5.69 Å². The van der Waals surface area contributed by atoms with Crippen LogP contribution in [0.4, 0.5) is 0 Å². The van der Waals surface area contributed by atoms with Crippen molar-refractivity contribution in [3.8, 4) is 0 Å². The van der Waals surface area contributed by atoms with Crippen molar-refractivity contribution >= 4 is 29.9 Å². The minimum Gasteiger partial charge on any atom is -0.356 e. The number of rotatable bonds is 7. The fourth-order valence-electron chi connectivity index (χ4n) is 3.63. The van der Waals surface area contributed by atoms with Gasteiger partial charge in [0.2, 0.25) is 0 Å². The minimum absolute atomic E-state index is 0. The zero-order chi connectivity index (χ0) is 19.1. The summed E-state index contributed by atoms with van der Waals surface area (Å²) in [6.07, 6.45) is 2.17. The molecule has 1 aliphatic rings. The lowest BCUT2D eigenvalue weighted by Crippen LogP contribution is -2.43. The monoisotopic (exact) mass is 496 g/mol. The standard InChI is InChI=1S/C21H32N6.HI/c1-17-15-18(2)27(25-17)12-6-10-23-21(22-3)24-11-14-26-13-9-19-7-4-5-8-20(19)16-26;/h4-5,7-8,15H,6,9-14,16H2,1-3H3,(H2,22,23,24);1H. The summed E-state index contributed by atoms with van der Waals surface area (Å²) in [5.41, 5.74) is 5.27. The SMILES string of the molecule is CN=C(NCCCn1nc(C)cc1C)NCCN1CCc2ccccc2C1.I. The lowest BCUT2D eigenvalue weighted by atomic mass is 10.00. The van der Waals surface area contributed by atoms with Crippen molar-refractivity contribution in [1.82, 2.24) is 25.3 Å². The molecule has 0 atom stereocenters. The number of nitrogens with zero attached hydrogens (tertiary/aromatic N) is 4. The van der Waals surface area contributed by atoms with Gasteiger partial charge in [-0.25, -0.2) is 0 Å². The Labute approximate surface area is 185 Å². The summed E-state index contributed by atoms with van der Waals surface area (Å²) in [5.74, 6) is 0.876. The zero-order valence-corrected chi connectivity index (χ0v) is 19.6. The highest BCUT2D eigenvalue weighted by Crippen LogP contribution is 2.17. The number of aromatic nitrogens is 2. The van der Waals surface area contributed by atoms with E-state index in [9.17, 15) is 0 Å². The average molecular weight is 496 g/mol.